The Balaban J connectivity index is 2.22. The number of ether oxygens (including phenoxy) is 1. The second kappa shape index (κ2) is 6.61. The molecule has 0 amide bonds. The van der Waals surface area contributed by atoms with Crippen LogP contribution in [0.1, 0.15) is 36.2 Å². The summed E-state index contributed by atoms with van der Waals surface area (Å²) in [5, 5.41) is 17.4. The molecule has 1 atom stereocenters. The summed E-state index contributed by atoms with van der Waals surface area (Å²) in [5.74, 6) is 0.772. The summed E-state index contributed by atoms with van der Waals surface area (Å²) < 4.78 is 7.01. The van der Waals surface area contributed by atoms with E-state index in [-0.39, 0.29) is 0 Å². The van der Waals surface area contributed by atoms with Crippen LogP contribution in [0, 0.1) is 0 Å². The van der Waals surface area contributed by atoms with Crippen LogP contribution in [-0.4, -0.2) is 22.0 Å². The Bertz CT molecular complexity index is 580. The van der Waals surface area contributed by atoms with E-state index in [1.54, 1.807) is 7.11 Å². The van der Waals surface area contributed by atoms with E-state index in [1.165, 1.54) is 11.3 Å². The predicted octanol–water partition coefficient (Wildman–Crippen LogP) is 3.47. The van der Waals surface area contributed by atoms with Crippen molar-refractivity contribution >= 4 is 22.9 Å². The van der Waals surface area contributed by atoms with Crippen LogP contribution in [-0.2, 0) is 19.4 Å². The molecule has 0 fully saturated rings. The predicted molar refractivity (Wildman–Crippen MR) is 81.8 cm³/mol. The van der Waals surface area contributed by atoms with Crippen LogP contribution < -0.4 is 4.74 Å². The summed E-state index contributed by atoms with van der Waals surface area (Å²) in [5.41, 5.74) is 1.78. The number of aliphatic hydroxyl groups is 1. The molecule has 0 aliphatic carbocycles. The second-order valence-electron chi connectivity index (χ2n) is 4.49. The maximum atomic E-state index is 10.4. The van der Waals surface area contributed by atoms with Gasteiger partial charge in [0.15, 0.2) is 0 Å². The van der Waals surface area contributed by atoms with E-state index in [4.69, 9.17) is 16.3 Å². The number of thiophene rings is 1. The highest BCUT2D eigenvalue weighted by Gasteiger charge is 2.19. The molecule has 6 heteroatoms. The number of hydrogen-bond acceptors (Lipinski definition) is 4. The first-order chi connectivity index (χ1) is 9.60. The van der Waals surface area contributed by atoms with Crippen molar-refractivity contribution in [1.82, 2.24) is 9.78 Å². The number of aliphatic hydroxyl groups excluding tert-OH is 1. The lowest BCUT2D eigenvalue weighted by atomic mass is 10.1. The average Bonchev–Trinajstić information content (AvgIpc) is 3.05. The Morgan fingerprint density at radius 2 is 2.25 bits per heavy atom. The molecule has 2 rings (SSSR count). The molecule has 0 saturated carbocycles. The van der Waals surface area contributed by atoms with E-state index in [2.05, 4.69) is 5.10 Å². The average molecular weight is 315 g/mol. The fourth-order valence-corrected chi connectivity index (χ4v) is 3.30. The van der Waals surface area contributed by atoms with Crippen LogP contribution in [0.25, 0.3) is 0 Å². The van der Waals surface area contributed by atoms with Crippen molar-refractivity contribution in [3.63, 3.8) is 0 Å². The summed E-state index contributed by atoms with van der Waals surface area (Å²) in [6.45, 7) is 4.79. The quantitative estimate of drug-likeness (QED) is 0.888. The van der Waals surface area contributed by atoms with Crippen LogP contribution in [0.4, 0.5) is 0 Å². The van der Waals surface area contributed by atoms with Gasteiger partial charge < -0.3 is 9.84 Å². The molecule has 0 aliphatic heterocycles. The van der Waals surface area contributed by atoms with Crippen molar-refractivity contribution in [3.8, 4) is 5.75 Å². The normalized spacial score (nSPS) is 12.7. The van der Waals surface area contributed by atoms with E-state index >= 15 is 0 Å². The number of rotatable bonds is 6. The largest absolute Gasteiger partial charge is 0.496 e. The van der Waals surface area contributed by atoms with Crippen LogP contribution >= 0.6 is 22.9 Å². The topological polar surface area (TPSA) is 47.3 Å². The molecule has 0 aliphatic rings. The molecule has 0 bridgehead atoms. The van der Waals surface area contributed by atoms with Gasteiger partial charge in [-0.25, -0.2) is 0 Å². The van der Waals surface area contributed by atoms with Gasteiger partial charge in [-0.3, -0.25) is 4.68 Å². The summed E-state index contributed by atoms with van der Waals surface area (Å²) in [6.07, 6.45) is 0.665. The SMILES string of the molecule is CCc1nn(CC)c(CC(O)c2cc(OC)cs2)c1Cl. The summed E-state index contributed by atoms with van der Waals surface area (Å²) >= 11 is 7.84. The maximum absolute atomic E-state index is 10.4. The fraction of sp³-hybridized carbons (Fsp3) is 0.500. The zero-order chi connectivity index (χ0) is 14.7. The van der Waals surface area contributed by atoms with Crippen LogP contribution in [0.3, 0.4) is 0 Å². The van der Waals surface area contributed by atoms with Crippen LogP contribution in [0.5, 0.6) is 5.75 Å². The molecule has 2 aromatic heterocycles. The van der Waals surface area contributed by atoms with Gasteiger partial charge in [0, 0.05) is 23.2 Å². The number of nitrogens with zero attached hydrogens (tertiary/aromatic N) is 2. The van der Waals surface area contributed by atoms with Crippen molar-refractivity contribution in [2.45, 2.75) is 39.3 Å². The number of halogens is 1. The Hall–Kier alpha value is -1.04. The standard InChI is InChI=1S/C14H19ClN2O2S/c1-4-10-14(15)11(17(5-2)16-10)7-12(18)13-6-9(19-3)8-20-13/h6,8,12,18H,4-5,7H2,1-3H3. The molecule has 0 radical (unpaired) electrons. The van der Waals surface area contributed by atoms with Crippen molar-refractivity contribution in [3.05, 3.63) is 32.7 Å². The van der Waals surface area contributed by atoms with Gasteiger partial charge in [-0.15, -0.1) is 11.3 Å². The fourth-order valence-electron chi connectivity index (χ4n) is 2.11. The van der Waals surface area contributed by atoms with Crippen molar-refractivity contribution < 1.29 is 9.84 Å². The van der Waals surface area contributed by atoms with E-state index in [0.717, 1.165) is 35.0 Å². The van der Waals surface area contributed by atoms with Crippen molar-refractivity contribution in [2.75, 3.05) is 7.11 Å². The first-order valence-corrected chi connectivity index (χ1v) is 7.90. The number of aromatic nitrogens is 2. The van der Waals surface area contributed by atoms with Gasteiger partial charge in [-0.2, -0.15) is 5.10 Å². The molecule has 0 aromatic carbocycles. The van der Waals surface area contributed by atoms with E-state index in [0.29, 0.717) is 11.4 Å². The Kier molecular flexibility index (Phi) is 5.07. The van der Waals surface area contributed by atoms with Crippen LogP contribution in [0.15, 0.2) is 11.4 Å². The third kappa shape index (κ3) is 3.00. The van der Waals surface area contributed by atoms with Crippen molar-refractivity contribution in [1.29, 1.82) is 0 Å². The zero-order valence-corrected chi connectivity index (χ0v) is 13.5. The molecule has 1 unspecified atom stereocenters. The summed E-state index contributed by atoms with van der Waals surface area (Å²) in [4.78, 5) is 0.875. The van der Waals surface area contributed by atoms with Gasteiger partial charge in [0.1, 0.15) is 5.75 Å². The maximum Gasteiger partial charge on any atom is 0.129 e. The number of aryl methyl sites for hydroxylation is 2. The van der Waals surface area contributed by atoms with Gasteiger partial charge in [-0.05, 0) is 19.4 Å². The van der Waals surface area contributed by atoms with E-state index < -0.39 is 6.10 Å². The van der Waals surface area contributed by atoms with Gasteiger partial charge in [0.05, 0.1) is 29.6 Å². The van der Waals surface area contributed by atoms with E-state index in [9.17, 15) is 5.11 Å². The number of hydrogen-bond donors (Lipinski definition) is 1. The first-order valence-electron chi connectivity index (χ1n) is 6.65. The van der Waals surface area contributed by atoms with Crippen LogP contribution in [0.2, 0.25) is 5.02 Å². The third-order valence-corrected chi connectivity index (χ3v) is 4.69. The second-order valence-corrected chi connectivity index (χ2v) is 5.81. The van der Waals surface area contributed by atoms with Gasteiger partial charge >= 0.3 is 0 Å². The molecule has 0 saturated heterocycles. The molecule has 2 aromatic rings. The Morgan fingerprint density at radius 3 is 2.80 bits per heavy atom. The third-order valence-electron chi connectivity index (χ3n) is 3.24. The molecule has 2 heterocycles. The Morgan fingerprint density at radius 1 is 1.50 bits per heavy atom. The highest BCUT2D eigenvalue weighted by Crippen LogP contribution is 2.31. The number of methoxy groups -OCH3 is 1. The molecule has 0 spiro atoms. The van der Waals surface area contributed by atoms with Gasteiger partial charge in [0.2, 0.25) is 0 Å². The molecule has 4 nitrogen and oxygen atoms in total. The summed E-state index contributed by atoms with van der Waals surface area (Å²) in [6, 6.07) is 1.86. The van der Waals surface area contributed by atoms with Crippen molar-refractivity contribution in [2.24, 2.45) is 0 Å². The highest BCUT2D eigenvalue weighted by molar-refractivity contribution is 7.10. The molecule has 1 N–H and O–H groups in total. The zero-order valence-electron chi connectivity index (χ0n) is 11.9. The molecular weight excluding hydrogens is 296 g/mol. The highest BCUT2D eigenvalue weighted by atomic mass is 35.5. The molecule has 110 valence electrons. The smallest absolute Gasteiger partial charge is 0.129 e. The minimum absolute atomic E-state index is 0.462. The first kappa shape index (κ1) is 15.4. The lowest BCUT2D eigenvalue weighted by Gasteiger charge is -2.10. The van der Waals surface area contributed by atoms with Gasteiger partial charge in [-0.1, -0.05) is 18.5 Å². The minimum atomic E-state index is -0.590. The summed E-state index contributed by atoms with van der Waals surface area (Å²) in [7, 11) is 1.62. The monoisotopic (exact) mass is 314 g/mol. The van der Waals surface area contributed by atoms with Gasteiger partial charge in [0.25, 0.3) is 0 Å². The Labute approximate surface area is 128 Å². The lowest BCUT2D eigenvalue weighted by molar-refractivity contribution is 0.179. The van der Waals surface area contributed by atoms with E-state index in [1.807, 2.05) is 30.0 Å². The minimum Gasteiger partial charge on any atom is -0.496 e. The molecule has 20 heavy (non-hydrogen) atoms. The molecular formula is C14H19ClN2O2S. The lowest BCUT2D eigenvalue weighted by Crippen LogP contribution is -2.08.